The van der Waals surface area contributed by atoms with E-state index in [1.807, 2.05) is 36.4 Å². The minimum atomic E-state index is -0.966. The lowest BCUT2D eigenvalue weighted by atomic mass is 10.1. The summed E-state index contributed by atoms with van der Waals surface area (Å²) in [6.45, 7) is 1.11. The minimum Gasteiger partial charge on any atom is -0.492 e. The summed E-state index contributed by atoms with van der Waals surface area (Å²) in [6.07, 6.45) is 1.17. The van der Waals surface area contributed by atoms with Gasteiger partial charge in [-0.2, -0.15) is 0 Å². The van der Waals surface area contributed by atoms with Crippen LogP contribution in [-0.4, -0.2) is 41.8 Å². The minimum absolute atomic E-state index is 0.232. The molecule has 0 spiro atoms. The number of aromatic nitrogens is 1. The van der Waals surface area contributed by atoms with E-state index >= 15 is 0 Å². The average Bonchev–Trinajstić information content (AvgIpc) is 3.21. The molecule has 0 unspecified atom stereocenters. The van der Waals surface area contributed by atoms with Crippen LogP contribution in [0.1, 0.15) is 16.1 Å². The number of hydrogen-bond donors (Lipinski definition) is 2. The molecular formula is C23H21N3O5. The zero-order valence-electron chi connectivity index (χ0n) is 16.7. The van der Waals surface area contributed by atoms with E-state index in [0.29, 0.717) is 43.3 Å². The standard InChI is InChI=1S/C23H21N3O5/c27-22(25-11-13-30-17-4-2-1-3-5-17)20-15-19(8-10-24-20)31-18-6-7-21-16(14-18)9-12-26(21)23(28)29/h1-8,10,14-15H,9,11-13H2,(H,25,27)(H,28,29). The molecule has 158 valence electrons. The van der Waals surface area contributed by atoms with Crippen LogP contribution in [-0.2, 0) is 6.42 Å². The Hall–Kier alpha value is -4.07. The summed E-state index contributed by atoms with van der Waals surface area (Å²) in [5.41, 5.74) is 1.81. The molecule has 2 heterocycles. The van der Waals surface area contributed by atoms with Crippen LogP contribution in [0.4, 0.5) is 10.5 Å². The van der Waals surface area contributed by atoms with Gasteiger partial charge in [-0.25, -0.2) is 4.79 Å². The molecule has 0 radical (unpaired) electrons. The van der Waals surface area contributed by atoms with Crippen LogP contribution in [0.2, 0.25) is 0 Å². The number of ether oxygens (including phenoxy) is 2. The summed E-state index contributed by atoms with van der Waals surface area (Å²) in [7, 11) is 0. The Bertz CT molecular complexity index is 1090. The number of nitrogens with zero attached hydrogens (tertiary/aromatic N) is 2. The number of anilines is 1. The van der Waals surface area contributed by atoms with Crippen molar-refractivity contribution in [3.8, 4) is 17.2 Å². The molecule has 4 rings (SSSR count). The maximum atomic E-state index is 12.4. The molecule has 2 N–H and O–H groups in total. The second-order valence-electron chi connectivity index (χ2n) is 6.87. The van der Waals surface area contributed by atoms with Crippen molar-refractivity contribution in [1.82, 2.24) is 10.3 Å². The third-order valence-electron chi connectivity index (χ3n) is 4.78. The lowest BCUT2D eigenvalue weighted by molar-refractivity contribution is 0.0941. The molecule has 1 aromatic heterocycles. The summed E-state index contributed by atoms with van der Waals surface area (Å²) >= 11 is 0. The Morgan fingerprint density at radius 3 is 2.65 bits per heavy atom. The van der Waals surface area contributed by atoms with E-state index in [1.165, 1.54) is 11.1 Å². The molecule has 1 aliphatic heterocycles. The van der Waals surface area contributed by atoms with Crippen LogP contribution in [0, 0.1) is 0 Å². The highest BCUT2D eigenvalue weighted by Crippen LogP contribution is 2.33. The fraction of sp³-hybridized carbons (Fsp3) is 0.174. The number of para-hydroxylation sites is 1. The Morgan fingerprint density at radius 2 is 1.84 bits per heavy atom. The first kappa shape index (κ1) is 20.2. The van der Waals surface area contributed by atoms with Crippen LogP contribution < -0.4 is 19.7 Å². The molecular weight excluding hydrogens is 398 g/mol. The van der Waals surface area contributed by atoms with Crippen LogP contribution >= 0.6 is 0 Å². The van der Waals surface area contributed by atoms with Crippen molar-refractivity contribution in [2.45, 2.75) is 6.42 Å². The van der Waals surface area contributed by atoms with Gasteiger partial charge in [0.25, 0.3) is 5.91 Å². The molecule has 3 aromatic rings. The maximum absolute atomic E-state index is 12.4. The molecule has 1 aliphatic rings. The summed E-state index contributed by atoms with van der Waals surface area (Å²) in [5, 5.41) is 12.0. The summed E-state index contributed by atoms with van der Waals surface area (Å²) in [6, 6.07) is 17.8. The topological polar surface area (TPSA) is 101 Å². The molecule has 0 aliphatic carbocycles. The van der Waals surface area contributed by atoms with E-state index in [2.05, 4.69) is 10.3 Å². The van der Waals surface area contributed by atoms with Crippen molar-refractivity contribution in [2.75, 3.05) is 24.6 Å². The third kappa shape index (κ3) is 4.92. The number of rotatable bonds is 7. The van der Waals surface area contributed by atoms with Crippen LogP contribution in [0.25, 0.3) is 0 Å². The van der Waals surface area contributed by atoms with Gasteiger partial charge in [-0.15, -0.1) is 0 Å². The van der Waals surface area contributed by atoms with Gasteiger partial charge >= 0.3 is 6.09 Å². The highest BCUT2D eigenvalue weighted by atomic mass is 16.5. The molecule has 8 heteroatoms. The largest absolute Gasteiger partial charge is 0.492 e. The van der Waals surface area contributed by atoms with E-state index in [0.717, 1.165) is 11.3 Å². The Morgan fingerprint density at radius 1 is 1.03 bits per heavy atom. The van der Waals surface area contributed by atoms with Gasteiger partial charge in [0.2, 0.25) is 0 Å². The zero-order chi connectivity index (χ0) is 21.6. The fourth-order valence-corrected chi connectivity index (χ4v) is 3.32. The van der Waals surface area contributed by atoms with Gasteiger partial charge in [-0.05, 0) is 48.4 Å². The van der Waals surface area contributed by atoms with E-state index in [4.69, 9.17) is 9.47 Å². The number of nitrogens with one attached hydrogen (secondary N) is 1. The van der Waals surface area contributed by atoms with E-state index < -0.39 is 6.09 Å². The van der Waals surface area contributed by atoms with Crippen LogP contribution in [0.3, 0.4) is 0 Å². The van der Waals surface area contributed by atoms with Gasteiger partial charge < -0.3 is 19.9 Å². The lowest BCUT2D eigenvalue weighted by Crippen LogP contribution is -2.28. The smallest absolute Gasteiger partial charge is 0.411 e. The van der Waals surface area contributed by atoms with Gasteiger partial charge in [0.05, 0.1) is 12.2 Å². The molecule has 31 heavy (non-hydrogen) atoms. The SMILES string of the molecule is O=C(NCCOc1ccccc1)c1cc(Oc2ccc3c(c2)CCN3C(=O)O)ccn1. The number of carbonyl (C=O) groups excluding carboxylic acids is 1. The molecule has 2 aromatic carbocycles. The number of pyridine rings is 1. The van der Waals surface area contributed by atoms with Crippen molar-refractivity contribution in [2.24, 2.45) is 0 Å². The first-order chi connectivity index (χ1) is 15.1. The Labute approximate surface area is 179 Å². The van der Waals surface area contributed by atoms with Gasteiger partial charge in [-0.1, -0.05) is 18.2 Å². The Kier molecular flexibility index (Phi) is 5.98. The van der Waals surface area contributed by atoms with Crippen LogP contribution in [0.5, 0.6) is 17.2 Å². The molecule has 0 bridgehead atoms. The third-order valence-corrected chi connectivity index (χ3v) is 4.78. The van der Waals surface area contributed by atoms with Crippen molar-refractivity contribution in [3.05, 3.63) is 78.1 Å². The Balaban J connectivity index is 1.34. The molecule has 0 saturated heterocycles. The van der Waals surface area contributed by atoms with E-state index in [1.54, 1.807) is 24.3 Å². The monoisotopic (exact) mass is 419 g/mol. The number of carbonyl (C=O) groups is 2. The second kappa shape index (κ2) is 9.17. The molecule has 0 fully saturated rings. The zero-order valence-corrected chi connectivity index (χ0v) is 16.7. The molecule has 0 atom stereocenters. The second-order valence-corrected chi connectivity index (χ2v) is 6.87. The van der Waals surface area contributed by atoms with E-state index in [-0.39, 0.29) is 11.6 Å². The highest BCUT2D eigenvalue weighted by Gasteiger charge is 2.24. The molecule has 2 amide bonds. The number of benzene rings is 2. The van der Waals surface area contributed by atoms with Gasteiger partial charge in [0.1, 0.15) is 29.5 Å². The van der Waals surface area contributed by atoms with Gasteiger partial charge in [0, 0.05) is 18.8 Å². The van der Waals surface area contributed by atoms with Crippen molar-refractivity contribution in [3.63, 3.8) is 0 Å². The average molecular weight is 419 g/mol. The highest BCUT2D eigenvalue weighted by molar-refractivity contribution is 5.92. The predicted octanol–water partition coefficient (Wildman–Crippen LogP) is 3.72. The summed E-state index contributed by atoms with van der Waals surface area (Å²) in [4.78, 5) is 29.0. The fourth-order valence-electron chi connectivity index (χ4n) is 3.32. The van der Waals surface area contributed by atoms with Gasteiger partial charge in [-0.3, -0.25) is 14.7 Å². The first-order valence-corrected chi connectivity index (χ1v) is 9.83. The number of hydrogen-bond acceptors (Lipinski definition) is 5. The first-order valence-electron chi connectivity index (χ1n) is 9.83. The van der Waals surface area contributed by atoms with Gasteiger partial charge in [0.15, 0.2) is 0 Å². The predicted molar refractivity (Wildman–Crippen MR) is 114 cm³/mol. The summed E-state index contributed by atoms with van der Waals surface area (Å²) < 4.78 is 11.4. The lowest BCUT2D eigenvalue weighted by Gasteiger charge is -2.13. The quantitative estimate of drug-likeness (QED) is 0.566. The van der Waals surface area contributed by atoms with Crippen LogP contribution in [0.15, 0.2) is 66.9 Å². The van der Waals surface area contributed by atoms with E-state index in [9.17, 15) is 14.7 Å². The number of fused-ring (bicyclic) bond motifs is 1. The summed E-state index contributed by atoms with van der Waals surface area (Å²) in [5.74, 6) is 1.45. The van der Waals surface area contributed by atoms with Crippen molar-refractivity contribution in [1.29, 1.82) is 0 Å². The maximum Gasteiger partial charge on any atom is 0.411 e. The molecule has 8 nitrogen and oxygen atoms in total. The normalized spacial score (nSPS) is 12.2. The number of carboxylic acid groups (broad SMARTS) is 1. The number of amides is 2. The molecule has 0 saturated carbocycles. The van der Waals surface area contributed by atoms with Crippen molar-refractivity contribution < 1.29 is 24.2 Å². The van der Waals surface area contributed by atoms with Crippen molar-refractivity contribution >= 4 is 17.7 Å².